The minimum atomic E-state index is 0.435. The Morgan fingerprint density at radius 2 is 2.17 bits per heavy atom. The molecule has 0 aromatic heterocycles. The molecule has 1 aliphatic rings. The first kappa shape index (κ1) is 10.0. The zero-order chi connectivity index (χ0) is 9.03. The van der Waals surface area contributed by atoms with Crippen molar-refractivity contribution in [3.8, 4) is 0 Å². The molecule has 0 aliphatic heterocycles. The van der Waals surface area contributed by atoms with Gasteiger partial charge in [0.1, 0.15) is 0 Å². The summed E-state index contributed by atoms with van der Waals surface area (Å²) in [4.78, 5) is 0. The van der Waals surface area contributed by atoms with Gasteiger partial charge >= 0.3 is 0 Å². The Kier molecular flexibility index (Phi) is 3.57. The first-order chi connectivity index (χ1) is 5.66. The van der Waals surface area contributed by atoms with Crippen LogP contribution in [0.15, 0.2) is 0 Å². The van der Waals surface area contributed by atoms with Gasteiger partial charge in [0.2, 0.25) is 0 Å². The van der Waals surface area contributed by atoms with Gasteiger partial charge in [-0.05, 0) is 32.2 Å². The molecule has 1 saturated carbocycles. The highest BCUT2D eigenvalue weighted by Crippen LogP contribution is 2.30. The van der Waals surface area contributed by atoms with Gasteiger partial charge in [0.25, 0.3) is 0 Å². The third-order valence-corrected chi connectivity index (χ3v) is 3.08. The third-order valence-electron chi connectivity index (χ3n) is 3.08. The first-order valence-electron chi connectivity index (χ1n) is 5.41. The highest BCUT2D eigenvalue weighted by atomic mass is 15.0. The van der Waals surface area contributed by atoms with Crippen molar-refractivity contribution in [3.63, 3.8) is 0 Å². The predicted octanol–water partition coefficient (Wildman–Crippen LogP) is 2.95. The summed E-state index contributed by atoms with van der Waals surface area (Å²) in [6, 6.07) is 0. The van der Waals surface area contributed by atoms with Crippen molar-refractivity contribution in [1.82, 2.24) is 5.32 Å². The molecule has 0 heterocycles. The number of hydrogen-bond acceptors (Lipinski definition) is 1. The molecule has 0 radical (unpaired) electrons. The lowest BCUT2D eigenvalue weighted by Crippen LogP contribution is -2.42. The van der Waals surface area contributed by atoms with Crippen LogP contribution in [-0.2, 0) is 0 Å². The summed E-state index contributed by atoms with van der Waals surface area (Å²) in [5, 5.41) is 3.63. The van der Waals surface area contributed by atoms with Gasteiger partial charge in [-0.15, -0.1) is 0 Å². The van der Waals surface area contributed by atoms with Crippen molar-refractivity contribution < 1.29 is 0 Å². The Balaban J connectivity index is 2.49. The summed E-state index contributed by atoms with van der Waals surface area (Å²) in [5.41, 5.74) is 0.435. The average Bonchev–Trinajstić information content (AvgIpc) is 2.12. The lowest BCUT2D eigenvalue weighted by atomic mass is 9.88. The van der Waals surface area contributed by atoms with Gasteiger partial charge in [-0.2, -0.15) is 0 Å². The number of hydrogen-bond donors (Lipinski definition) is 1. The van der Waals surface area contributed by atoms with Crippen LogP contribution in [0.4, 0.5) is 0 Å². The van der Waals surface area contributed by atoms with Crippen molar-refractivity contribution in [2.75, 3.05) is 6.54 Å². The fourth-order valence-electron chi connectivity index (χ4n) is 2.57. The number of rotatable bonds is 2. The zero-order valence-corrected chi connectivity index (χ0v) is 8.82. The summed E-state index contributed by atoms with van der Waals surface area (Å²) >= 11 is 0. The molecule has 1 N–H and O–H groups in total. The van der Waals surface area contributed by atoms with Crippen molar-refractivity contribution in [1.29, 1.82) is 0 Å². The fraction of sp³-hybridized carbons (Fsp3) is 1.00. The van der Waals surface area contributed by atoms with Crippen LogP contribution in [0.3, 0.4) is 0 Å². The largest absolute Gasteiger partial charge is 0.312 e. The molecule has 0 aromatic rings. The van der Waals surface area contributed by atoms with E-state index in [4.69, 9.17) is 0 Å². The van der Waals surface area contributed by atoms with Crippen LogP contribution in [-0.4, -0.2) is 12.1 Å². The molecule has 1 heteroatoms. The van der Waals surface area contributed by atoms with Crippen LogP contribution in [0.2, 0.25) is 0 Å². The Morgan fingerprint density at radius 3 is 2.83 bits per heavy atom. The number of nitrogens with one attached hydrogen (secondary N) is 1. The molecule has 2 unspecified atom stereocenters. The van der Waals surface area contributed by atoms with E-state index >= 15 is 0 Å². The van der Waals surface area contributed by atoms with E-state index < -0.39 is 0 Å². The van der Waals surface area contributed by atoms with Crippen LogP contribution in [0, 0.1) is 5.92 Å². The van der Waals surface area contributed by atoms with E-state index in [0.29, 0.717) is 5.54 Å². The molecular formula is C11H23N. The topological polar surface area (TPSA) is 12.0 Å². The van der Waals surface area contributed by atoms with Crippen molar-refractivity contribution in [2.24, 2.45) is 5.92 Å². The summed E-state index contributed by atoms with van der Waals surface area (Å²) < 4.78 is 0. The molecule has 2 atom stereocenters. The molecule has 1 fully saturated rings. The maximum absolute atomic E-state index is 3.63. The molecule has 1 nitrogen and oxygen atoms in total. The molecule has 0 amide bonds. The molecule has 1 rings (SSSR count). The summed E-state index contributed by atoms with van der Waals surface area (Å²) in [6.07, 6.45) is 7.00. The Morgan fingerprint density at radius 1 is 1.42 bits per heavy atom. The molecule has 0 bridgehead atoms. The van der Waals surface area contributed by atoms with Gasteiger partial charge in [-0.1, -0.05) is 33.1 Å². The highest BCUT2D eigenvalue weighted by molar-refractivity contribution is 4.86. The van der Waals surface area contributed by atoms with E-state index in [1.165, 1.54) is 32.1 Å². The maximum atomic E-state index is 3.63. The van der Waals surface area contributed by atoms with E-state index in [2.05, 4.69) is 26.1 Å². The molecular weight excluding hydrogens is 146 g/mol. The molecule has 1 aliphatic carbocycles. The van der Waals surface area contributed by atoms with Gasteiger partial charge in [-0.25, -0.2) is 0 Å². The third kappa shape index (κ3) is 2.78. The smallest absolute Gasteiger partial charge is 0.0155 e. The molecule has 12 heavy (non-hydrogen) atoms. The van der Waals surface area contributed by atoms with Gasteiger partial charge in [0, 0.05) is 5.54 Å². The summed E-state index contributed by atoms with van der Waals surface area (Å²) in [7, 11) is 0. The predicted molar refractivity (Wildman–Crippen MR) is 54.3 cm³/mol. The zero-order valence-electron chi connectivity index (χ0n) is 8.82. The average molecular weight is 169 g/mol. The highest BCUT2D eigenvalue weighted by Gasteiger charge is 2.27. The Hall–Kier alpha value is -0.0400. The van der Waals surface area contributed by atoms with Crippen LogP contribution in [0.1, 0.15) is 52.9 Å². The van der Waals surface area contributed by atoms with Gasteiger partial charge in [-0.3, -0.25) is 0 Å². The monoisotopic (exact) mass is 169 g/mol. The Labute approximate surface area is 76.9 Å². The Bertz CT molecular complexity index is 133. The summed E-state index contributed by atoms with van der Waals surface area (Å²) in [6.45, 7) is 8.10. The van der Waals surface area contributed by atoms with E-state index in [0.717, 1.165) is 12.5 Å². The summed E-state index contributed by atoms with van der Waals surface area (Å²) in [5.74, 6) is 0.913. The van der Waals surface area contributed by atoms with E-state index in [1.807, 2.05) is 0 Å². The second-order valence-corrected chi connectivity index (χ2v) is 4.65. The SMILES string of the molecule is CCNC1(C)CCCCC(C)C1. The van der Waals surface area contributed by atoms with Gasteiger partial charge < -0.3 is 5.32 Å². The van der Waals surface area contributed by atoms with Crippen LogP contribution >= 0.6 is 0 Å². The standard InChI is InChI=1S/C11H23N/c1-4-12-11(3)8-6-5-7-10(2)9-11/h10,12H,4-9H2,1-3H3. The second kappa shape index (κ2) is 4.27. The second-order valence-electron chi connectivity index (χ2n) is 4.65. The van der Waals surface area contributed by atoms with Crippen molar-refractivity contribution in [3.05, 3.63) is 0 Å². The molecule has 0 saturated heterocycles. The van der Waals surface area contributed by atoms with E-state index in [1.54, 1.807) is 0 Å². The quantitative estimate of drug-likeness (QED) is 0.627. The molecule has 72 valence electrons. The maximum Gasteiger partial charge on any atom is 0.0155 e. The van der Waals surface area contributed by atoms with Gasteiger partial charge in [0.15, 0.2) is 0 Å². The van der Waals surface area contributed by atoms with Crippen LogP contribution in [0.5, 0.6) is 0 Å². The van der Waals surface area contributed by atoms with Gasteiger partial charge in [0.05, 0.1) is 0 Å². The fourth-order valence-corrected chi connectivity index (χ4v) is 2.57. The van der Waals surface area contributed by atoms with Crippen molar-refractivity contribution in [2.45, 2.75) is 58.4 Å². The lowest BCUT2D eigenvalue weighted by molar-refractivity contribution is 0.288. The van der Waals surface area contributed by atoms with E-state index in [-0.39, 0.29) is 0 Å². The normalized spacial score (nSPS) is 37.8. The van der Waals surface area contributed by atoms with E-state index in [9.17, 15) is 0 Å². The van der Waals surface area contributed by atoms with Crippen LogP contribution < -0.4 is 5.32 Å². The minimum Gasteiger partial charge on any atom is -0.312 e. The molecule has 0 spiro atoms. The minimum absolute atomic E-state index is 0.435. The first-order valence-corrected chi connectivity index (χ1v) is 5.41. The lowest BCUT2D eigenvalue weighted by Gasteiger charge is -2.31. The van der Waals surface area contributed by atoms with Crippen LogP contribution in [0.25, 0.3) is 0 Å². The molecule has 0 aromatic carbocycles. The van der Waals surface area contributed by atoms with Crippen molar-refractivity contribution >= 4 is 0 Å².